The summed E-state index contributed by atoms with van der Waals surface area (Å²) in [4.78, 5) is 0. The van der Waals surface area contributed by atoms with Crippen molar-refractivity contribution in [3.63, 3.8) is 0 Å². The molecule has 0 saturated carbocycles. The van der Waals surface area contributed by atoms with Gasteiger partial charge in [0, 0.05) is 10.9 Å². The van der Waals surface area contributed by atoms with E-state index in [0.717, 1.165) is 5.56 Å². The molecular weight excluding hydrogens is 249 g/mol. The second kappa shape index (κ2) is 5.98. The minimum absolute atomic E-state index is 0.110. The van der Waals surface area contributed by atoms with Crippen molar-refractivity contribution in [2.75, 3.05) is 6.54 Å². The van der Waals surface area contributed by atoms with E-state index in [1.165, 1.54) is 6.07 Å². The molecule has 0 amide bonds. The Morgan fingerprint density at radius 1 is 1.06 bits per heavy atom. The lowest BCUT2D eigenvalue weighted by Gasteiger charge is -2.15. The molecule has 0 spiro atoms. The molecule has 94 valence electrons. The maximum Gasteiger partial charge on any atom is 0.126 e. The summed E-state index contributed by atoms with van der Waals surface area (Å²) in [5.41, 5.74) is 7.57. The normalized spacial score (nSPS) is 12.4. The SMILES string of the molecule is NCC(Cc1ccccc1F)c1ccc(Cl)cc1. The van der Waals surface area contributed by atoms with E-state index in [4.69, 9.17) is 17.3 Å². The lowest BCUT2D eigenvalue weighted by molar-refractivity contribution is 0.590. The van der Waals surface area contributed by atoms with Crippen LogP contribution in [0, 0.1) is 5.82 Å². The van der Waals surface area contributed by atoms with Crippen LogP contribution in [-0.2, 0) is 6.42 Å². The summed E-state index contributed by atoms with van der Waals surface area (Å²) in [6.45, 7) is 0.482. The van der Waals surface area contributed by atoms with Crippen LogP contribution in [-0.4, -0.2) is 6.54 Å². The Balaban J connectivity index is 2.20. The van der Waals surface area contributed by atoms with Gasteiger partial charge in [-0.15, -0.1) is 0 Å². The van der Waals surface area contributed by atoms with Gasteiger partial charge in [0.15, 0.2) is 0 Å². The molecule has 0 bridgehead atoms. The molecule has 0 aliphatic carbocycles. The first-order chi connectivity index (χ1) is 8.70. The molecule has 0 radical (unpaired) electrons. The predicted octanol–water partition coefficient (Wildman–Crippen LogP) is 3.76. The van der Waals surface area contributed by atoms with E-state index in [1.54, 1.807) is 12.1 Å². The average molecular weight is 264 g/mol. The number of hydrogen-bond donors (Lipinski definition) is 1. The van der Waals surface area contributed by atoms with Crippen LogP contribution in [0.3, 0.4) is 0 Å². The van der Waals surface area contributed by atoms with Gasteiger partial charge in [0.05, 0.1) is 0 Å². The van der Waals surface area contributed by atoms with Gasteiger partial charge >= 0.3 is 0 Å². The molecule has 2 aromatic carbocycles. The summed E-state index contributed by atoms with van der Waals surface area (Å²) in [7, 11) is 0. The number of hydrogen-bond acceptors (Lipinski definition) is 1. The zero-order valence-electron chi connectivity index (χ0n) is 9.94. The number of rotatable bonds is 4. The lowest BCUT2D eigenvalue weighted by Crippen LogP contribution is -2.15. The zero-order valence-corrected chi connectivity index (χ0v) is 10.7. The van der Waals surface area contributed by atoms with Crippen LogP contribution >= 0.6 is 11.6 Å². The largest absolute Gasteiger partial charge is 0.330 e. The van der Waals surface area contributed by atoms with Crippen molar-refractivity contribution in [1.29, 1.82) is 0 Å². The molecule has 0 heterocycles. The second-order valence-corrected chi connectivity index (χ2v) is 4.72. The standard InChI is InChI=1S/C15H15ClFN/c16-14-7-5-11(6-8-14)13(10-18)9-12-3-1-2-4-15(12)17/h1-8,13H,9-10,18H2. The van der Waals surface area contributed by atoms with Gasteiger partial charge in [0.25, 0.3) is 0 Å². The Morgan fingerprint density at radius 2 is 1.72 bits per heavy atom. The molecular formula is C15H15ClFN. The van der Waals surface area contributed by atoms with E-state index >= 15 is 0 Å². The molecule has 0 aromatic heterocycles. The van der Waals surface area contributed by atoms with Crippen LogP contribution in [0.1, 0.15) is 17.0 Å². The van der Waals surface area contributed by atoms with Gasteiger partial charge in [-0.1, -0.05) is 41.9 Å². The maximum absolute atomic E-state index is 13.6. The summed E-state index contributed by atoms with van der Waals surface area (Å²) in [5.74, 6) is -0.0657. The van der Waals surface area contributed by atoms with Crippen LogP contribution in [0.2, 0.25) is 5.02 Å². The third-order valence-electron chi connectivity index (χ3n) is 3.05. The predicted molar refractivity (Wildman–Crippen MR) is 73.4 cm³/mol. The number of benzene rings is 2. The van der Waals surface area contributed by atoms with Crippen molar-refractivity contribution in [2.24, 2.45) is 5.73 Å². The van der Waals surface area contributed by atoms with Gasteiger partial charge < -0.3 is 5.73 Å². The van der Waals surface area contributed by atoms with Crippen LogP contribution in [0.25, 0.3) is 0 Å². The van der Waals surface area contributed by atoms with Gasteiger partial charge in [-0.25, -0.2) is 4.39 Å². The van der Waals surface area contributed by atoms with Crippen molar-refractivity contribution in [3.8, 4) is 0 Å². The molecule has 1 atom stereocenters. The summed E-state index contributed by atoms with van der Waals surface area (Å²) >= 11 is 5.85. The Bertz CT molecular complexity index is 510. The first-order valence-electron chi connectivity index (χ1n) is 5.89. The van der Waals surface area contributed by atoms with Gasteiger partial charge in [-0.05, 0) is 42.3 Å². The van der Waals surface area contributed by atoms with Crippen molar-refractivity contribution in [1.82, 2.24) is 0 Å². The Morgan fingerprint density at radius 3 is 2.33 bits per heavy atom. The highest BCUT2D eigenvalue weighted by Crippen LogP contribution is 2.23. The molecule has 0 aliphatic heterocycles. The first-order valence-corrected chi connectivity index (χ1v) is 6.27. The monoisotopic (exact) mass is 263 g/mol. The Kier molecular flexibility index (Phi) is 4.34. The maximum atomic E-state index is 13.6. The van der Waals surface area contributed by atoms with Crippen LogP contribution in [0.5, 0.6) is 0 Å². The molecule has 2 aromatic rings. The van der Waals surface area contributed by atoms with Crippen molar-refractivity contribution in [2.45, 2.75) is 12.3 Å². The number of halogens is 2. The molecule has 2 rings (SSSR count). The fourth-order valence-corrected chi connectivity index (χ4v) is 2.13. The van der Waals surface area contributed by atoms with Gasteiger partial charge in [0.2, 0.25) is 0 Å². The highest BCUT2D eigenvalue weighted by atomic mass is 35.5. The first kappa shape index (κ1) is 13.1. The summed E-state index contributed by atoms with van der Waals surface area (Å²) in [6.07, 6.45) is 0.602. The molecule has 18 heavy (non-hydrogen) atoms. The second-order valence-electron chi connectivity index (χ2n) is 4.28. The quantitative estimate of drug-likeness (QED) is 0.893. The van der Waals surface area contributed by atoms with E-state index in [-0.39, 0.29) is 11.7 Å². The third-order valence-corrected chi connectivity index (χ3v) is 3.30. The fourth-order valence-electron chi connectivity index (χ4n) is 2.00. The topological polar surface area (TPSA) is 26.0 Å². The molecule has 0 aliphatic rings. The van der Waals surface area contributed by atoms with Crippen LogP contribution in [0.4, 0.5) is 4.39 Å². The van der Waals surface area contributed by atoms with Crippen LogP contribution < -0.4 is 5.73 Å². The van der Waals surface area contributed by atoms with E-state index in [1.807, 2.05) is 30.3 Å². The summed E-state index contributed by atoms with van der Waals surface area (Å²) in [5, 5.41) is 0.695. The molecule has 0 fully saturated rings. The molecule has 1 unspecified atom stereocenters. The number of nitrogens with two attached hydrogens (primary N) is 1. The van der Waals surface area contributed by atoms with Crippen molar-refractivity contribution < 1.29 is 4.39 Å². The van der Waals surface area contributed by atoms with Crippen molar-refractivity contribution >= 4 is 11.6 Å². The van der Waals surface area contributed by atoms with Gasteiger partial charge in [0.1, 0.15) is 5.82 Å². The highest BCUT2D eigenvalue weighted by Gasteiger charge is 2.12. The molecule has 2 N–H and O–H groups in total. The van der Waals surface area contributed by atoms with Crippen molar-refractivity contribution in [3.05, 3.63) is 70.5 Å². The Hall–Kier alpha value is -1.38. The summed E-state index contributed by atoms with van der Waals surface area (Å²) in [6, 6.07) is 14.4. The molecule has 3 heteroatoms. The smallest absolute Gasteiger partial charge is 0.126 e. The summed E-state index contributed by atoms with van der Waals surface area (Å²) < 4.78 is 13.6. The zero-order chi connectivity index (χ0) is 13.0. The third kappa shape index (κ3) is 3.09. The van der Waals surface area contributed by atoms with E-state index in [9.17, 15) is 4.39 Å². The minimum Gasteiger partial charge on any atom is -0.330 e. The van der Waals surface area contributed by atoms with E-state index in [0.29, 0.717) is 23.6 Å². The molecule has 0 saturated heterocycles. The minimum atomic E-state index is -0.176. The van der Waals surface area contributed by atoms with E-state index < -0.39 is 0 Å². The van der Waals surface area contributed by atoms with Gasteiger partial charge in [-0.3, -0.25) is 0 Å². The fraction of sp³-hybridized carbons (Fsp3) is 0.200. The highest BCUT2D eigenvalue weighted by molar-refractivity contribution is 6.30. The van der Waals surface area contributed by atoms with E-state index in [2.05, 4.69) is 0 Å². The lowest BCUT2D eigenvalue weighted by atomic mass is 9.92. The molecule has 1 nitrogen and oxygen atoms in total. The average Bonchev–Trinajstić information content (AvgIpc) is 2.39. The Labute approximate surface area is 111 Å². The van der Waals surface area contributed by atoms with Crippen LogP contribution in [0.15, 0.2) is 48.5 Å². The van der Waals surface area contributed by atoms with Gasteiger partial charge in [-0.2, -0.15) is 0 Å².